The van der Waals surface area contributed by atoms with Crippen molar-refractivity contribution in [2.24, 2.45) is 11.8 Å². The number of hydrogen-bond donors (Lipinski definition) is 1. The third-order valence-corrected chi connectivity index (χ3v) is 9.58. The van der Waals surface area contributed by atoms with Gasteiger partial charge in [-0.15, -0.1) is 11.3 Å². The van der Waals surface area contributed by atoms with E-state index in [9.17, 15) is 18.5 Å². The summed E-state index contributed by atoms with van der Waals surface area (Å²) in [6.45, 7) is 10.1. The van der Waals surface area contributed by atoms with E-state index in [2.05, 4.69) is 37.1 Å². The molecule has 1 N–H and O–H groups in total. The van der Waals surface area contributed by atoms with E-state index in [1.807, 2.05) is 0 Å². The number of hydrogen-bond acceptors (Lipinski definition) is 6. The van der Waals surface area contributed by atoms with Gasteiger partial charge in [-0.1, -0.05) is 20.8 Å². The molecule has 9 heteroatoms. The van der Waals surface area contributed by atoms with Crippen molar-refractivity contribution in [1.82, 2.24) is 9.21 Å². The molecule has 1 aromatic carbocycles. The summed E-state index contributed by atoms with van der Waals surface area (Å²) in [6.07, 6.45) is 2.92. The molecule has 2 atom stereocenters. The molecule has 0 radical (unpaired) electrons. The van der Waals surface area contributed by atoms with Crippen molar-refractivity contribution in [3.8, 4) is 6.07 Å². The van der Waals surface area contributed by atoms with E-state index in [0.29, 0.717) is 41.1 Å². The summed E-state index contributed by atoms with van der Waals surface area (Å²) in [6, 6.07) is 8.36. The number of benzene rings is 1. The van der Waals surface area contributed by atoms with Gasteiger partial charge in [0.1, 0.15) is 11.1 Å². The Bertz CT molecular complexity index is 1190. The van der Waals surface area contributed by atoms with Crippen LogP contribution >= 0.6 is 11.3 Å². The van der Waals surface area contributed by atoms with Crippen LogP contribution < -0.4 is 5.32 Å². The van der Waals surface area contributed by atoms with E-state index in [1.165, 1.54) is 23.5 Å². The van der Waals surface area contributed by atoms with Crippen molar-refractivity contribution >= 4 is 32.3 Å². The summed E-state index contributed by atoms with van der Waals surface area (Å²) in [4.78, 5) is 16.6. The molecule has 1 saturated heterocycles. The van der Waals surface area contributed by atoms with E-state index in [1.54, 1.807) is 16.4 Å². The maximum Gasteiger partial charge on any atom is 0.256 e. The van der Waals surface area contributed by atoms with Crippen molar-refractivity contribution in [1.29, 1.82) is 5.26 Å². The number of nitrogens with one attached hydrogen (secondary N) is 1. The van der Waals surface area contributed by atoms with Gasteiger partial charge in [-0.05, 0) is 67.5 Å². The number of nitrogens with zero attached hydrogens (tertiary/aromatic N) is 3. The number of carbonyl (C=O) groups is 1. The number of sulfonamides is 1. The van der Waals surface area contributed by atoms with Gasteiger partial charge >= 0.3 is 0 Å². The van der Waals surface area contributed by atoms with Crippen LogP contribution in [0.3, 0.4) is 0 Å². The summed E-state index contributed by atoms with van der Waals surface area (Å²) < 4.78 is 27.8. The lowest BCUT2D eigenvalue weighted by atomic mass is 9.94. The first-order chi connectivity index (χ1) is 16.2. The third-order valence-electron chi connectivity index (χ3n) is 6.60. The fraction of sp³-hybridized carbons (Fsp3) is 0.520. The van der Waals surface area contributed by atoms with Crippen LogP contribution in [0.4, 0.5) is 5.00 Å². The second kappa shape index (κ2) is 10.2. The van der Waals surface area contributed by atoms with Gasteiger partial charge in [0.15, 0.2) is 0 Å². The van der Waals surface area contributed by atoms with Crippen LogP contribution in [0.2, 0.25) is 0 Å². The highest BCUT2D eigenvalue weighted by atomic mass is 32.2. The highest BCUT2D eigenvalue weighted by molar-refractivity contribution is 7.89. The standard InChI is InChI=1S/C25H32N4O3S2/c1-4-10-28-11-9-21-22(13-26)25(33-23(21)16-28)27-24(30)19-5-7-20(8-6-19)34(31,32)29-14-17(2)12-18(3)15-29/h5-8,17-18H,4,9-12,14-16H2,1-3H3,(H,27,30). The zero-order valence-electron chi connectivity index (χ0n) is 20.0. The molecule has 34 heavy (non-hydrogen) atoms. The van der Waals surface area contributed by atoms with Crippen LogP contribution in [-0.4, -0.2) is 49.7 Å². The monoisotopic (exact) mass is 500 g/mol. The van der Waals surface area contributed by atoms with E-state index in [4.69, 9.17) is 0 Å². The third kappa shape index (κ3) is 5.05. The van der Waals surface area contributed by atoms with Gasteiger partial charge in [-0.3, -0.25) is 9.69 Å². The summed E-state index contributed by atoms with van der Waals surface area (Å²) >= 11 is 1.47. The number of anilines is 1. The SMILES string of the molecule is CCCN1CCc2c(sc(NC(=O)c3ccc(S(=O)(=O)N4CC(C)CC(C)C4)cc3)c2C#N)C1. The molecular weight excluding hydrogens is 468 g/mol. The van der Waals surface area contributed by atoms with Crippen molar-refractivity contribution in [3.63, 3.8) is 0 Å². The van der Waals surface area contributed by atoms with Crippen molar-refractivity contribution in [3.05, 3.63) is 45.8 Å². The quantitative estimate of drug-likeness (QED) is 0.638. The molecule has 1 aromatic heterocycles. The molecule has 0 bridgehead atoms. The Kier molecular flexibility index (Phi) is 7.43. The van der Waals surface area contributed by atoms with E-state index in [-0.39, 0.29) is 10.8 Å². The van der Waals surface area contributed by atoms with Crippen molar-refractivity contribution in [2.75, 3.05) is 31.5 Å². The molecule has 0 spiro atoms. The lowest BCUT2D eigenvalue weighted by molar-refractivity contribution is 0.102. The second-order valence-electron chi connectivity index (χ2n) is 9.59. The predicted molar refractivity (Wildman–Crippen MR) is 134 cm³/mol. The van der Waals surface area contributed by atoms with Gasteiger partial charge in [-0.2, -0.15) is 9.57 Å². The van der Waals surface area contributed by atoms with E-state index < -0.39 is 10.0 Å². The normalized spacial score (nSPS) is 21.6. The number of fused-ring (bicyclic) bond motifs is 1. The van der Waals surface area contributed by atoms with Crippen LogP contribution in [-0.2, 0) is 23.0 Å². The predicted octanol–water partition coefficient (Wildman–Crippen LogP) is 4.31. The van der Waals surface area contributed by atoms with Gasteiger partial charge in [0.25, 0.3) is 5.91 Å². The van der Waals surface area contributed by atoms with Gasteiger partial charge in [-0.25, -0.2) is 8.42 Å². The minimum absolute atomic E-state index is 0.200. The minimum Gasteiger partial charge on any atom is -0.312 e. The molecule has 2 aliphatic heterocycles. The largest absolute Gasteiger partial charge is 0.312 e. The first-order valence-electron chi connectivity index (χ1n) is 11.9. The van der Waals surface area contributed by atoms with Crippen molar-refractivity contribution in [2.45, 2.75) is 51.5 Å². The number of thiophene rings is 1. The highest BCUT2D eigenvalue weighted by Gasteiger charge is 2.32. The van der Waals surface area contributed by atoms with Crippen LogP contribution in [0, 0.1) is 23.2 Å². The molecular formula is C25H32N4O3S2. The van der Waals surface area contributed by atoms with E-state index >= 15 is 0 Å². The number of piperidine rings is 1. The molecule has 0 aliphatic carbocycles. The number of rotatable bonds is 6. The fourth-order valence-corrected chi connectivity index (χ4v) is 7.99. The Morgan fingerprint density at radius 1 is 1.21 bits per heavy atom. The summed E-state index contributed by atoms with van der Waals surface area (Å²) in [5.41, 5.74) is 1.96. The number of amides is 1. The summed E-state index contributed by atoms with van der Waals surface area (Å²) in [5.74, 6) is 0.303. The molecule has 4 rings (SSSR count). The zero-order chi connectivity index (χ0) is 24.5. The fourth-order valence-electron chi connectivity index (χ4n) is 5.07. The van der Waals surface area contributed by atoms with Gasteiger partial charge in [0, 0.05) is 36.6 Å². The first kappa shape index (κ1) is 24.9. The zero-order valence-corrected chi connectivity index (χ0v) is 21.6. The van der Waals surface area contributed by atoms with Gasteiger partial charge in [0.2, 0.25) is 10.0 Å². The molecule has 0 saturated carbocycles. The molecule has 2 unspecified atom stereocenters. The average Bonchev–Trinajstić information content (AvgIpc) is 3.14. The number of carbonyl (C=O) groups excluding carboxylic acids is 1. The Morgan fingerprint density at radius 2 is 1.88 bits per heavy atom. The maximum absolute atomic E-state index is 13.1. The molecule has 2 aliphatic rings. The van der Waals surface area contributed by atoms with Crippen molar-refractivity contribution < 1.29 is 13.2 Å². The molecule has 182 valence electrons. The molecule has 1 amide bonds. The highest BCUT2D eigenvalue weighted by Crippen LogP contribution is 2.37. The Morgan fingerprint density at radius 3 is 2.50 bits per heavy atom. The maximum atomic E-state index is 13.1. The number of nitriles is 1. The van der Waals surface area contributed by atoms with Gasteiger partial charge in [0.05, 0.1) is 10.5 Å². The van der Waals surface area contributed by atoms with Crippen LogP contribution in [0.25, 0.3) is 0 Å². The van der Waals surface area contributed by atoms with E-state index in [0.717, 1.165) is 49.3 Å². The Labute approximate surface area is 206 Å². The average molecular weight is 501 g/mol. The van der Waals surface area contributed by atoms with Crippen LogP contribution in [0.15, 0.2) is 29.2 Å². The molecule has 7 nitrogen and oxygen atoms in total. The smallest absolute Gasteiger partial charge is 0.256 e. The molecule has 1 fully saturated rings. The second-order valence-corrected chi connectivity index (χ2v) is 12.6. The Hall–Kier alpha value is -2.25. The van der Waals surface area contributed by atoms with Gasteiger partial charge < -0.3 is 5.32 Å². The van der Waals surface area contributed by atoms with Crippen LogP contribution in [0.1, 0.15) is 60.0 Å². The summed E-state index contributed by atoms with van der Waals surface area (Å²) in [5, 5.41) is 13.2. The lowest BCUT2D eigenvalue weighted by Gasteiger charge is -2.34. The molecule has 3 heterocycles. The first-order valence-corrected chi connectivity index (χ1v) is 14.2. The summed E-state index contributed by atoms with van der Waals surface area (Å²) in [7, 11) is -3.60. The molecule has 2 aromatic rings. The topological polar surface area (TPSA) is 93.5 Å². The lowest BCUT2D eigenvalue weighted by Crippen LogP contribution is -2.42. The van der Waals surface area contributed by atoms with Crippen LogP contribution in [0.5, 0.6) is 0 Å². The Balaban J connectivity index is 1.49. The minimum atomic E-state index is -3.60.